The van der Waals surface area contributed by atoms with Gasteiger partial charge in [-0.15, -0.1) is 6.58 Å². The molecule has 0 aromatic rings. The summed E-state index contributed by atoms with van der Waals surface area (Å²) in [4.78, 5) is 0. The van der Waals surface area contributed by atoms with E-state index in [-0.39, 0.29) is 5.92 Å². The van der Waals surface area contributed by atoms with E-state index in [1.54, 1.807) is 0 Å². The summed E-state index contributed by atoms with van der Waals surface area (Å²) in [5.41, 5.74) is 0. The number of hydrogen-bond acceptors (Lipinski definition) is 0. The Hall–Kier alpha value is -0.260. The summed E-state index contributed by atoms with van der Waals surface area (Å²) in [7, 11) is 0. The van der Waals surface area contributed by atoms with Gasteiger partial charge in [0, 0.05) is 0 Å². The van der Waals surface area contributed by atoms with Crippen LogP contribution in [0.25, 0.3) is 0 Å². The molecule has 0 aliphatic rings. The van der Waals surface area contributed by atoms with Gasteiger partial charge in [-0.3, -0.25) is 0 Å². The molecule has 0 aromatic carbocycles. The SMILES string of the molecule is [CH2]C([CH2])CC=C. The van der Waals surface area contributed by atoms with Crippen LogP contribution in [0.4, 0.5) is 0 Å². The molecule has 2 radical (unpaired) electrons. The topological polar surface area (TPSA) is 0 Å². The van der Waals surface area contributed by atoms with Crippen LogP contribution in [0.3, 0.4) is 0 Å². The summed E-state index contributed by atoms with van der Waals surface area (Å²) in [5.74, 6) is 0.280. The molecule has 0 aliphatic carbocycles. The van der Waals surface area contributed by atoms with E-state index in [0.717, 1.165) is 6.42 Å². The molecule has 0 fully saturated rings. The molecule has 0 aromatic heterocycles. The third-order valence-electron chi connectivity index (χ3n) is 0.500. The summed E-state index contributed by atoms with van der Waals surface area (Å²) in [6.45, 7) is 10.8. The molecule has 34 valence electrons. The maximum absolute atomic E-state index is 3.65. The molecule has 0 amide bonds. The van der Waals surface area contributed by atoms with E-state index in [1.165, 1.54) is 0 Å². The Kier molecular flexibility index (Phi) is 2.82. The third kappa shape index (κ3) is 3.74. The number of rotatable bonds is 2. The zero-order valence-corrected chi connectivity index (χ0v) is 3.98. The molecule has 0 saturated heterocycles. The molecule has 0 saturated carbocycles. The highest BCUT2D eigenvalue weighted by atomic mass is 13.9. The fourth-order valence-electron chi connectivity index (χ4n) is 0.236. The fraction of sp³-hybridized carbons (Fsp3) is 0.333. The summed E-state index contributed by atoms with van der Waals surface area (Å²) in [6.07, 6.45) is 2.74. The summed E-state index contributed by atoms with van der Waals surface area (Å²) >= 11 is 0. The van der Waals surface area contributed by atoms with E-state index >= 15 is 0 Å². The Morgan fingerprint density at radius 2 is 2.00 bits per heavy atom. The Bertz CT molecular complexity index is 35.3. The van der Waals surface area contributed by atoms with Crippen LogP contribution in [0.2, 0.25) is 0 Å². The van der Waals surface area contributed by atoms with E-state index in [9.17, 15) is 0 Å². The second kappa shape index (κ2) is 2.95. The monoisotopic (exact) mass is 82.1 g/mol. The Balaban J connectivity index is 2.81. The molecular formula is C6H10. The van der Waals surface area contributed by atoms with Crippen molar-refractivity contribution in [1.29, 1.82) is 0 Å². The predicted octanol–water partition coefficient (Wildman–Crippen LogP) is 1.85. The lowest BCUT2D eigenvalue weighted by atomic mass is 10.1. The minimum Gasteiger partial charge on any atom is -0.103 e. The lowest BCUT2D eigenvalue weighted by Gasteiger charge is -1.92. The molecule has 0 spiro atoms. The standard InChI is InChI=1S/C6H10/c1-4-5-6(2)3/h4,6H,1-3,5H2. The van der Waals surface area contributed by atoms with Crippen molar-refractivity contribution in [3.05, 3.63) is 26.5 Å². The molecule has 0 unspecified atom stereocenters. The highest BCUT2D eigenvalue weighted by molar-refractivity contribution is 4.75. The van der Waals surface area contributed by atoms with Gasteiger partial charge in [-0.1, -0.05) is 6.08 Å². The maximum Gasteiger partial charge on any atom is -0.0325 e. The van der Waals surface area contributed by atoms with Crippen LogP contribution in [0.5, 0.6) is 0 Å². The van der Waals surface area contributed by atoms with Gasteiger partial charge < -0.3 is 0 Å². The van der Waals surface area contributed by atoms with Crippen LogP contribution in [0.1, 0.15) is 6.42 Å². The van der Waals surface area contributed by atoms with Crippen molar-refractivity contribution < 1.29 is 0 Å². The number of allylic oxidation sites excluding steroid dienone is 1. The lowest BCUT2D eigenvalue weighted by molar-refractivity contribution is 0.825. The van der Waals surface area contributed by atoms with Crippen molar-refractivity contribution in [2.75, 3.05) is 0 Å². The van der Waals surface area contributed by atoms with E-state index in [4.69, 9.17) is 0 Å². The molecule has 0 rings (SSSR count). The van der Waals surface area contributed by atoms with Gasteiger partial charge >= 0.3 is 0 Å². The van der Waals surface area contributed by atoms with E-state index in [1.807, 2.05) is 6.08 Å². The minimum atomic E-state index is 0.280. The van der Waals surface area contributed by atoms with Crippen molar-refractivity contribution in [2.24, 2.45) is 5.92 Å². The van der Waals surface area contributed by atoms with E-state index in [0.29, 0.717) is 0 Å². The molecule has 0 bridgehead atoms. The first kappa shape index (κ1) is 5.74. The zero-order valence-electron chi connectivity index (χ0n) is 3.98. The van der Waals surface area contributed by atoms with E-state index in [2.05, 4.69) is 20.4 Å². The fourth-order valence-corrected chi connectivity index (χ4v) is 0.236. The Labute approximate surface area is 39.9 Å². The van der Waals surface area contributed by atoms with Gasteiger partial charge in [0.1, 0.15) is 0 Å². The Morgan fingerprint density at radius 3 is 2.00 bits per heavy atom. The second-order valence-electron chi connectivity index (χ2n) is 1.39. The molecule has 0 nitrogen and oxygen atoms in total. The summed E-state index contributed by atoms with van der Waals surface area (Å²) in [6, 6.07) is 0. The third-order valence-corrected chi connectivity index (χ3v) is 0.500. The Morgan fingerprint density at radius 1 is 1.50 bits per heavy atom. The minimum absolute atomic E-state index is 0.280. The van der Waals surface area contributed by atoms with Crippen molar-refractivity contribution in [2.45, 2.75) is 6.42 Å². The molecule has 6 heavy (non-hydrogen) atoms. The van der Waals surface area contributed by atoms with Gasteiger partial charge in [-0.2, -0.15) is 0 Å². The lowest BCUT2D eigenvalue weighted by Crippen LogP contribution is -1.80. The van der Waals surface area contributed by atoms with Crippen LogP contribution < -0.4 is 0 Å². The van der Waals surface area contributed by atoms with Crippen LogP contribution in [0.15, 0.2) is 12.7 Å². The smallest absolute Gasteiger partial charge is 0.0325 e. The second-order valence-corrected chi connectivity index (χ2v) is 1.39. The molecule has 0 heteroatoms. The van der Waals surface area contributed by atoms with Gasteiger partial charge in [0.05, 0.1) is 0 Å². The predicted molar refractivity (Wildman–Crippen MR) is 29.0 cm³/mol. The van der Waals surface area contributed by atoms with Crippen LogP contribution in [-0.2, 0) is 0 Å². The molecule has 0 N–H and O–H groups in total. The van der Waals surface area contributed by atoms with Crippen LogP contribution in [0, 0.1) is 19.8 Å². The van der Waals surface area contributed by atoms with Crippen molar-refractivity contribution >= 4 is 0 Å². The first-order valence-electron chi connectivity index (χ1n) is 2.04. The quantitative estimate of drug-likeness (QED) is 0.446. The summed E-state index contributed by atoms with van der Waals surface area (Å²) < 4.78 is 0. The molecule has 0 heterocycles. The van der Waals surface area contributed by atoms with Gasteiger partial charge in [-0.25, -0.2) is 0 Å². The van der Waals surface area contributed by atoms with Crippen molar-refractivity contribution in [3.63, 3.8) is 0 Å². The number of hydrogen-bond donors (Lipinski definition) is 0. The zero-order chi connectivity index (χ0) is 4.99. The van der Waals surface area contributed by atoms with Gasteiger partial charge in [-0.05, 0) is 26.2 Å². The van der Waals surface area contributed by atoms with Gasteiger partial charge in [0.25, 0.3) is 0 Å². The van der Waals surface area contributed by atoms with Gasteiger partial charge in [0.15, 0.2) is 0 Å². The first-order chi connectivity index (χ1) is 2.77. The van der Waals surface area contributed by atoms with Crippen LogP contribution >= 0.6 is 0 Å². The first-order valence-corrected chi connectivity index (χ1v) is 2.04. The normalized spacial score (nSPS) is 9.17. The highest BCUT2D eigenvalue weighted by Crippen LogP contribution is 1.95. The molecule has 0 atom stereocenters. The average Bonchev–Trinajstić information content (AvgIpc) is 1.35. The highest BCUT2D eigenvalue weighted by Gasteiger charge is 1.83. The van der Waals surface area contributed by atoms with Crippen LogP contribution in [-0.4, -0.2) is 0 Å². The van der Waals surface area contributed by atoms with Gasteiger partial charge in [0.2, 0.25) is 0 Å². The average molecular weight is 82.1 g/mol. The largest absolute Gasteiger partial charge is 0.103 e. The molecular weight excluding hydrogens is 72.1 g/mol. The summed E-state index contributed by atoms with van der Waals surface area (Å²) in [5, 5.41) is 0. The van der Waals surface area contributed by atoms with E-state index < -0.39 is 0 Å². The van der Waals surface area contributed by atoms with Crippen molar-refractivity contribution in [3.8, 4) is 0 Å². The van der Waals surface area contributed by atoms with Crippen molar-refractivity contribution in [1.82, 2.24) is 0 Å². The molecule has 0 aliphatic heterocycles. The maximum atomic E-state index is 3.65.